The Morgan fingerprint density at radius 2 is 2.18 bits per heavy atom. The van der Waals surface area contributed by atoms with Gasteiger partial charge in [-0.3, -0.25) is 0 Å². The minimum atomic E-state index is 0.382. The number of anilines is 1. The molecule has 0 aliphatic heterocycles. The van der Waals surface area contributed by atoms with Gasteiger partial charge in [-0.05, 0) is 31.0 Å². The van der Waals surface area contributed by atoms with Gasteiger partial charge in [-0.15, -0.1) is 11.8 Å². The van der Waals surface area contributed by atoms with Crippen molar-refractivity contribution in [1.29, 1.82) is 0 Å². The highest BCUT2D eigenvalue weighted by Gasteiger charge is 2.23. The van der Waals surface area contributed by atoms with E-state index in [0.717, 1.165) is 20.7 Å². The SMILES string of the molecule is Nc1cc(-c2ccc(SC3CC3)c(Cl)c2)on1. The molecule has 0 atom stereocenters. The molecular formula is C12H11ClN2OS. The molecule has 0 spiro atoms. The lowest BCUT2D eigenvalue weighted by molar-refractivity contribution is 0.436. The van der Waals surface area contributed by atoms with Crippen molar-refractivity contribution in [3.05, 3.63) is 29.3 Å². The largest absolute Gasteiger partial charge is 0.381 e. The molecule has 1 aliphatic rings. The Balaban J connectivity index is 1.89. The third-order valence-corrected chi connectivity index (χ3v) is 4.40. The molecule has 0 saturated heterocycles. The second-order valence-electron chi connectivity index (χ2n) is 4.08. The van der Waals surface area contributed by atoms with Crippen LogP contribution in [-0.2, 0) is 0 Å². The maximum Gasteiger partial charge on any atom is 0.169 e. The fourth-order valence-electron chi connectivity index (χ4n) is 1.54. The van der Waals surface area contributed by atoms with Crippen LogP contribution in [0.15, 0.2) is 33.7 Å². The third-order valence-electron chi connectivity index (χ3n) is 2.56. The van der Waals surface area contributed by atoms with Gasteiger partial charge in [0.15, 0.2) is 11.6 Å². The van der Waals surface area contributed by atoms with Gasteiger partial charge in [0.1, 0.15) is 0 Å². The van der Waals surface area contributed by atoms with E-state index in [-0.39, 0.29) is 0 Å². The van der Waals surface area contributed by atoms with Crippen LogP contribution in [0.2, 0.25) is 5.02 Å². The average molecular weight is 267 g/mol. The van der Waals surface area contributed by atoms with Gasteiger partial charge in [0, 0.05) is 21.8 Å². The molecule has 5 heteroatoms. The summed E-state index contributed by atoms with van der Waals surface area (Å²) in [6, 6.07) is 7.60. The number of halogens is 1. The van der Waals surface area contributed by atoms with E-state index in [4.69, 9.17) is 21.9 Å². The topological polar surface area (TPSA) is 52.0 Å². The molecule has 2 aromatic rings. The van der Waals surface area contributed by atoms with Crippen molar-refractivity contribution in [2.45, 2.75) is 23.0 Å². The zero-order valence-electron chi connectivity index (χ0n) is 9.02. The van der Waals surface area contributed by atoms with E-state index in [2.05, 4.69) is 5.16 Å². The van der Waals surface area contributed by atoms with Crippen molar-refractivity contribution >= 4 is 29.2 Å². The number of nitrogen functional groups attached to an aromatic ring is 1. The Labute approximate surface area is 108 Å². The molecule has 17 heavy (non-hydrogen) atoms. The van der Waals surface area contributed by atoms with Crippen molar-refractivity contribution in [3.63, 3.8) is 0 Å². The Morgan fingerprint density at radius 1 is 1.35 bits per heavy atom. The van der Waals surface area contributed by atoms with Gasteiger partial charge >= 0.3 is 0 Å². The van der Waals surface area contributed by atoms with Gasteiger partial charge in [-0.1, -0.05) is 16.8 Å². The number of hydrogen-bond donors (Lipinski definition) is 1. The summed E-state index contributed by atoms with van der Waals surface area (Å²) in [4.78, 5) is 1.13. The Hall–Kier alpha value is -1.13. The monoisotopic (exact) mass is 266 g/mol. The summed E-state index contributed by atoms with van der Waals surface area (Å²) >= 11 is 8.09. The van der Waals surface area contributed by atoms with Crippen LogP contribution in [0.5, 0.6) is 0 Å². The average Bonchev–Trinajstić information content (AvgIpc) is 3.02. The lowest BCUT2D eigenvalue weighted by atomic mass is 10.2. The maximum atomic E-state index is 6.24. The molecule has 0 amide bonds. The molecule has 0 unspecified atom stereocenters. The first-order valence-corrected chi connectivity index (χ1v) is 6.67. The molecule has 2 N–H and O–H groups in total. The van der Waals surface area contributed by atoms with Crippen LogP contribution in [0.4, 0.5) is 5.82 Å². The first kappa shape index (κ1) is 11.0. The number of benzene rings is 1. The smallest absolute Gasteiger partial charge is 0.169 e. The van der Waals surface area contributed by atoms with Crippen molar-refractivity contribution < 1.29 is 4.52 Å². The molecule has 1 fully saturated rings. The van der Waals surface area contributed by atoms with Crippen LogP contribution in [0, 0.1) is 0 Å². The number of rotatable bonds is 3. The van der Waals surface area contributed by atoms with Crippen LogP contribution in [-0.4, -0.2) is 10.4 Å². The lowest BCUT2D eigenvalue weighted by Gasteiger charge is -2.04. The predicted octanol–water partition coefficient (Wildman–Crippen LogP) is 3.83. The number of thioether (sulfide) groups is 1. The minimum Gasteiger partial charge on any atom is -0.381 e. The Kier molecular flexibility index (Phi) is 2.76. The zero-order valence-corrected chi connectivity index (χ0v) is 10.6. The summed E-state index contributed by atoms with van der Waals surface area (Å²) < 4.78 is 5.10. The fourth-order valence-corrected chi connectivity index (χ4v) is 2.90. The summed E-state index contributed by atoms with van der Waals surface area (Å²) in [6.45, 7) is 0. The summed E-state index contributed by atoms with van der Waals surface area (Å²) in [7, 11) is 0. The van der Waals surface area contributed by atoms with Crippen molar-refractivity contribution in [2.75, 3.05) is 5.73 Å². The van der Waals surface area contributed by atoms with Crippen LogP contribution in [0.25, 0.3) is 11.3 Å². The number of hydrogen-bond acceptors (Lipinski definition) is 4. The highest BCUT2D eigenvalue weighted by Crippen LogP contribution is 2.42. The Morgan fingerprint density at radius 3 is 2.76 bits per heavy atom. The third kappa shape index (κ3) is 2.42. The highest BCUT2D eigenvalue weighted by molar-refractivity contribution is 8.00. The summed E-state index contributed by atoms with van der Waals surface area (Å²) in [5, 5.41) is 5.17. The lowest BCUT2D eigenvalue weighted by Crippen LogP contribution is -1.81. The van der Waals surface area contributed by atoms with Gasteiger partial charge in [0.2, 0.25) is 0 Å². The van der Waals surface area contributed by atoms with Crippen molar-refractivity contribution in [1.82, 2.24) is 5.16 Å². The summed E-state index contributed by atoms with van der Waals surface area (Å²) in [5.41, 5.74) is 6.42. The molecule has 88 valence electrons. The van der Waals surface area contributed by atoms with Gasteiger partial charge in [-0.25, -0.2) is 0 Å². The van der Waals surface area contributed by atoms with Crippen molar-refractivity contribution in [3.8, 4) is 11.3 Å². The number of aromatic nitrogens is 1. The summed E-state index contributed by atoms with van der Waals surface area (Å²) in [5.74, 6) is 1.03. The number of nitrogens with two attached hydrogens (primary N) is 1. The molecule has 1 aliphatic carbocycles. The fraction of sp³-hybridized carbons (Fsp3) is 0.250. The molecule has 1 heterocycles. The Bertz CT molecular complexity index is 551. The van der Waals surface area contributed by atoms with E-state index in [1.807, 2.05) is 30.0 Å². The minimum absolute atomic E-state index is 0.382. The molecule has 1 aromatic carbocycles. The van der Waals surface area contributed by atoms with Crippen molar-refractivity contribution in [2.24, 2.45) is 0 Å². The predicted molar refractivity (Wildman–Crippen MR) is 70.2 cm³/mol. The highest BCUT2D eigenvalue weighted by atomic mass is 35.5. The number of nitrogens with zero attached hydrogens (tertiary/aromatic N) is 1. The zero-order chi connectivity index (χ0) is 11.8. The van der Waals surface area contributed by atoms with Crippen LogP contribution in [0.1, 0.15) is 12.8 Å². The van der Waals surface area contributed by atoms with E-state index in [1.165, 1.54) is 12.8 Å². The molecule has 3 rings (SSSR count). The molecule has 3 nitrogen and oxygen atoms in total. The van der Waals surface area contributed by atoms with Crippen LogP contribution < -0.4 is 5.73 Å². The first-order valence-electron chi connectivity index (χ1n) is 5.41. The second-order valence-corrected chi connectivity index (χ2v) is 5.83. The maximum absolute atomic E-state index is 6.24. The van der Waals surface area contributed by atoms with Gasteiger partial charge < -0.3 is 10.3 Å². The van der Waals surface area contributed by atoms with E-state index >= 15 is 0 Å². The molecule has 1 aromatic heterocycles. The molecule has 0 radical (unpaired) electrons. The van der Waals surface area contributed by atoms with Gasteiger partial charge in [-0.2, -0.15) is 0 Å². The van der Waals surface area contributed by atoms with E-state index < -0.39 is 0 Å². The van der Waals surface area contributed by atoms with Crippen LogP contribution in [0.3, 0.4) is 0 Å². The van der Waals surface area contributed by atoms with E-state index in [0.29, 0.717) is 11.6 Å². The molecule has 1 saturated carbocycles. The quantitative estimate of drug-likeness (QED) is 0.917. The standard InChI is InChI=1S/C12H11ClN2OS/c13-9-5-7(10-6-12(14)15-16-10)1-4-11(9)17-8-2-3-8/h1,4-6,8H,2-3H2,(H2,14,15). The van der Waals surface area contributed by atoms with E-state index in [9.17, 15) is 0 Å². The summed E-state index contributed by atoms with van der Waals surface area (Å²) in [6.07, 6.45) is 2.59. The normalized spacial score (nSPS) is 15.1. The van der Waals surface area contributed by atoms with Crippen LogP contribution >= 0.6 is 23.4 Å². The van der Waals surface area contributed by atoms with Gasteiger partial charge in [0.05, 0.1) is 5.02 Å². The van der Waals surface area contributed by atoms with E-state index in [1.54, 1.807) is 6.07 Å². The molecular weight excluding hydrogens is 256 g/mol. The van der Waals surface area contributed by atoms with Gasteiger partial charge in [0.25, 0.3) is 0 Å². The first-order chi connectivity index (χ1) is 8.22. The second kappa shape index (κ2) is 4.27. The molecule has 0 bridgehead atoms.